The Kier molecular flexibility index (Phi) is 4.39. The van der Waals surface area contributed by atoms with Gasteiger partial charge >= 0.3 is 6.18 Å². The number of alkyl halides is 3. The van der Waals surface area contributed by atoms with Crippen molar-refractivity contribution in [1.29, 1.82) is 0 Å². The molecule has 1 aromatic heterocycles. The fourth-order valence-electron chi connectivity index (χ4n) is 1.53. The molecule has 1 heterocycles. The van der Waals surface area contributed by atoms with Crippen molar-refractivity contribution in [2.24, 2.45) is 0 Å². The highest BCUT2D eigenvalue weighted by atomic mass is 35.5. The highest BCUT2D eigenvalue weighted by Crippen LogP contribution is 2.30. The molecule has 8 heteroatoms. The Morgan fingerprint density at radius 2 is 1.76 bits per heavy atom. The van der Waals surface area contributed by atoms with Crippen molar-refractivity contribution in [3.63, 3.8) is 0 Å². The van der Waals surface area contributed by atoms with Gasteiger partial charge in [0.1, 0.15) is 5.15 Å². The molecule has 0 spiro atoms. The maximum atomic E-state index is 12.4. The van der Waals surface area contributed by atoms with Gasteiger partial charge in [0.2, 0.25) is 0 Å². The molecule has 1 amide bonds. The fraction of sp³-hybridized carbons (Fsp3) is 0.0769. The van der Waals surface area contributed by atoms with E-state index >= 15 is 0 Å². The highest BCUT2D eigenvalue weighted by molar-refractivity contribution is 6.35. The van der Waals surface area contributed by atoms with Gasteiger partial charge in [0, 0.05) is 11.9 Å². The van der Waals surface area contributed by atoms with Crippen LogP contribution in [0.4, 0.5) is 18.9 Å². The van der Waals surface area contributed by atoms with Gasteiger partial charge < -0.3 is 5.32 Å². The molecule has 3 nitrogen and oxygen atoms in total. The number of anilines is 1. The first-order valence-electron chi connectivity index (χ1n) is 5.57. The van der Waals surface area contributed by atoms with Crippen LogP contribution >= 0.6 is 23.2 Å². The molecule has 2 rings (SSSR count). The summed E-state index contributed by atoms with van der Waals surface area (Å²) >= 11 is 11.5. The standard InChI is InChI=1S/C13H7Cl2F3N2O/c14-10-6-19-11(15)5-9(10)12(21)20-8-3-1-7(2-4-8)13(16,17)18/h1-6H,(H,20,21). The molecule has 0 fully saturated rings. The Balaban J connectivity index is 2.18. The quantitative estimate of drug-likeness (QED) is 0.811. The van der Waals surface area contributed by atoms with E-state index in [0.29, 0.717) is 0 Å². The Morgan fingerprint density at radius 3 is 2.33 bits per heavy atom. The minimum absolute atomic E-state index is 0.0802. The van der Waals surface area contributed by atoms with Crippen LogP contribution in [0.2, 0.25) is 10.2 Å². The second kappa shape index (κ2) is 5.91. The van der Waals surface area contributed by atoms with Crippen LogP contribution in [0, 0.1) is 0 Å². The van der Waals surface area contributed by atoms with E-state index < -0.39 is 17.6 Å². The molecule has 21 heavy (non-hydrogen) atoms. The summed E-state index contributed by atoms with van der Waals surface area (Å²) in [7, 11) is 0. The van der Waals surface area contributed by atoms with E-state index in [9.17, 15) is 18.0 Å². The molecule has 0 radical (unpaired) electrons. The van der Waals surface area contributed by atoms with Gasteiger partial charge in [0.05, 0.1) is 16.1 Å². The van der Waals surface area contributed by atoms with Gasteiger partial charge in [-0.1, -0.05) is 23.2 Å². The maximum absolute atomic E-state index is 12.4. The summed E-state index contributed by atoms with van der Waals surface area (Å²) in [5.74, 6) is -0.593. The average Bonchev–Trinajstić information content (AvgIpc) is 2.41. The normalized spacial score (nSPS) is 11.3. The van der Waals surface area contributed by atoms with Crippen LogP contribution in [-0.4, -0.2) is 10.9 Å². The van der Waals surface area contributed by atoms with Crippen LogP contribution in [0.5, 0.6) is 0 Å². The summed E-state index contributed by atoms with van der Waals surface area (Å²) in [4.78, 5) is 15.7. The molecule has 0 bridgehead atoms. The lowest BCUT2D eigenvalue weighted by atomic mass is 10.2. The van der Waals surface area contributed by atoms with Crippen molar-refractivity contribution >= 4 is 34.8 Å². The molecule has 0 saturated carbocycles. The first kappa shape index (κ1) is 15.6. The number of benzene rings is 1. The Morgan fingerprint density at radius 1 is 1.14 bits per heavy atom. The maximum Gasteiger partial charge on any atom is 0.416 e. The van der Waals surface area contributed by atoms with Gasteiger partial charge in [-0.15, -0.1) is 0 Å². The predicted octanol–water partition coefficient (Wildman–Crippen LogP) is 4.66. The Bertz CT molecular complexity index is 672. The lowest BCUT2D eigenvalue weighted by Gasteiger charge is -2.09. The van der Waals surface area contributed by atoms with Crippen LogP contribution in [0.1, 0.15) is 15.9 Å². The lowest BCUT2D eigenvalue weighted by Crippen LogP contribution is -2.13. The number of carbonyl (C=O) groups is 1. The van der Waals surface area contributed by atoms with Crippen molar-refractivity contribution in [2.45, 2.75) is 6.18 Å². The van der Waals surface area contributed by atoms with Crippen LogP contribution in [0.15, 0.2) is 36.5 Å². The van der Waals surface area contributed by atoms with Gasteiger partial charge in [0.25, 0.3) is 5.91 Å². The van der Waals surface area contributed by atoms with Crippen LogP contribution in [-0.2, 0) is 6.18 Å². The second-order valence-electron chi connectivity index (χ2n) is 4.02. The summed E-state index contributed by atoms with van der Waals surface area (Å²) in [6.45, 7) is 0. The van der Waals surface area contributed by atoms with Crippen LogP contribution in [0.3, 0.4) is 0 Å². The van der Waals surface area contributed by atoms with Crippen molar-refractivity contribution in [2.75, 3.05) is 5.32 Å². The molecule has 0 saturated heterocycles. The number of halogens is 5. The fourth-order valence-corrected chi connectivity index (χ4v) is 1.88. The number of carbonyl (C=O) groups excluding carboxylic acids is 1. The molecule has 0 aliphatic rings. The SMILES string of the molecule is O=C(Nc1ccc(C(F)(F)F)cc1)c1cc(Cl)ncc1Cl. The van der Waals surface area contributed by atoms with E-state index in [1.54, 1.807) is 0 Å². The number of pyridine rings is 1. The molecule has 1 aromatic carbocycles. The zero-order valence-corrected chi connectivity index (χ0v) is 11.7. The van der Waals surface area contributed by atoms with Gasteiger partial charge in [-0.3, -0.25) is 4.79 Å². The lowest BCUT2D eigenvalue weighted by molar-refractivity contribution is -0.137. The molecule has 0 unspecified atom stereocenters. The summed E-state index contributed by atoms with van der Waals surface area (Å²) in [5, 5.41) is 2.60. The molecular weight excluding hydrogens is 328 g/mol. The second-order valence-corrected chi connectivity index (χ2v) is 4.81. The van der Waals surface area contributed by atoms with E-state index in [-0.39, 0.29) is 21.4 Å². The van der Waals surface area contributed by atoms with Gasteiger partial charge in [0.15, 0.2) is 0 Å². The van der Waals surface area contributed by atoms with Crippen LogP contribution in [0.25, 0.3) is 0 Å². The highest BCUT2D eigenvalue weighted by Gasteiger charge is 2.30. The predicted molar refractivity (Wildman–Crippen MR) is 73.7 cm³/mol. The largest absolute Gasteiger partial charge is 0.416 e. The molecule has 1 N–H and O–H groups in total. The third-order valence-electron chi connectivity index (χ3n) is 2.54. The molecular formula is C13H7Cl2F3N2O. The molecule has 2 aromatic rings. The van der Waals surface area contributed by atoms with Crippen molar-refractivity contribution in [3.8, 4) is 0 Å². The van der Waals surface area contributed by atoms with Crippen LogP contribution < -0.4 is 5.32 Å². The summed E-state index contributed by atoms with van der Waals surface area (Å²) in [5.41, 5.74) is -0.515. The number of rotatable bonds is 2. The minimum atomic E-state index is -4.43. The summed E-state index contributed by atoms with van der Waals surface area (Å²) in [6, 6.07) is 5.31. The van der Waals surface area contributed by atoms with E-state index in [0.717, 1.165) is 24.3 Å². The number of nitrogens with one attached hydrogen (secondary N) is 1. The molecule has 110 valence electrons. The number of hydrogen-bond acceptors (Lipinski definition) is 2. The monoisotopic (exact) mass is 334 g/mol. The minimum Gasteiger partial charge on any atom is -0.322 e. The average molecular weight is 335 g/mol. The third kappa shape index (κ3) is 3.86. The zero-order chi connectivity index (χ0) is 15.6. The molecule has 0 aliphatic heterocycles. The van der Waals surface area contributed by atoms with Crippen molar-refractivity contribution in [1.82, 2.24) is 4.98 Å². The summed E-state index contributed by atoms with van der Waals surface area (Å²) in [6.07, 6.45) is -3.21. The van der Waals surface area contributed by atoms with E-state index in [1.165, 1.54) is 12.3 Å². The van der Waals surface area contributed by atoms with Crippen molar-refractivity contribution in [3.05, 3.63) is 57.8 Å². The van der Waals surface area contributed by atoms with E-state index in [4.69, 9.17) is 23.2 Å². The first-order chi connectivity index (χ1) is 9.77. The molecule has 0 aliphatic carbocycles. The third-order valence-corrected chi connectivity index (χ3v) is 3.04. The van der Waals surface area contributed by atoms with E-state index in [2.05, 4.69) is 10.3 Å². The Hall–Kier alpha value is -1.79. The van der Waals surface area contributed by atoms with Gasteiger partial charge in [-0.25, -0.2) is 4.98 Å². The van der Waals surface area contributed by atoms with E-state index in [1.807, 2.05) is 0 Å². The topological polar surface area (TPSA) is 42.0 Å². The van der Waals surface area contributed by atoms with Gasteiger partial charge in [-0.05, 0) is 30.3 Å². The number of hydrogen-bond donors (Lipinski definition) is 1. The Labute approximate surface area is 127 Å². The van der Waals surface area contributed by atoms with Crippen molar-refractivity contribution < 1.29 is 18.0 Å². The van der Waals surface area contributed by atoms with Gasteiger partial charge in [-0.2, -0.15) is 13.2 Å². The molecule has 0 atom stereocenters. The summed E-state index contributed by atoms with van der Waals surface area (Å²) < 4.78 is 37.3. The first-order valence-corrected chi connectivity index (χ1v) is 6.32. The number of aromatic nitrogens is 1. The number of amides is 1. The smallest absolute Gasteiger partial charge is 0.322 e. The number of nitrogens with zero attached hydrogens (tertiary/aromatic N) is 1. The zero-order valence-electron chi connectivity index (χ0n) is 10.2.